The average molecular weight is 324 g/mol. The maximum atomic E-state index is 12.5. The van der Waals surface area contributed by atoms with Gasteiger partial charge in [0.05, 0.1) is 6.54 Å². The van der Waals surface area contributed by atoms with Crippen molar-refractivity contribution in [3.8, 4) is 0 Å². The minimum atomic E-state index is 0.225. The SMILES string of the molecule is CCn1ccnc1CNC1CC(=O)N(C2Cc3ccccc3C2)C1. The molecule has 1 aliphatic heterocycles. The van der Waals surface area contributed by atoms with E-state index < -0.39 is 0 Å². The topological polar surface area (TPSA) is 50.2 Å². The Bertz CT molecular complexity index is 713. The molecule has 2 aromatic rings. The number of fused-ring (bicyclic) bond motifs is 1. The molecule has 0 saturated carbocycles. The standard InChI is InChI=1S/C19H24N4O/c1-2-22-8-7-20-18(22)12-21-16-11-19(24)23(13-16)17-9-14-5-3-4-6-15(14)10-17/h3-8,16-17,21H,2,9-13H2,1H3. The largest absolute Gasteiger partial charge is 0.337 e. The molecule has 5 nitrogen and oxygen atoms in total. The third kappa shape index (κ3) is 2.84. The van der Waals surface area contributed by atoms with Gasteiger partial charge in [-0.2, -0.15) is 0 Å². The van der Waals surface area contributed by atoms with Crippen LogP contribution in [-0.2, 0) is 30.7 Å². The van der Waals surface area contributed by atoms with E-state index in [-0.39, 0.29) is 11.9 Å². The number of aromatic nitrogens is 2. The average Bonchev–Trinajstić information content (AvgIpc) is 3.29. The molecule has 0 spiro atoms. The molecular weight excluding hydrogens is 300 g/mol. The summed E-state index contributed by atoms with van der Waals surface area (Å²) in [5.74, 6) is 1.32. The normalized spacial score (nSPS) is 20.8. The molecule has 5 heteroatoms. The second-order valence-corrected chi connectivity index (χ2v) is 6.79. The number of amides is 1. The van der Waals surface area contributed by atoms with Crippen LogP contribution in [0.1, 0.15) is 30.3 Å². The van der Waals surface area contributed by atoms with Gasteiger partial charge in [-0.1, -0.05) is 24.3 Å². The summed E-state index contributed by atoms with van der Waals surface area (Å²) in [6.45, 7) is 4.57. The van der Waals surface area contributed by atoms with Gasteiger partial charge in [0.1, 0.15) is 5.82 Å². The monoisotopic (exact) mass is 324 g/mol. The number of benzene rings is 1. The number of aryl methyl sites for hydroxylation is 1. The van der Waals surface area contributed by atoms with Crippen LogP contribution < -0.4 is 5.32 Å². The molecule has 2 aliphatic rings. The summed E-state index contributed by atoms with van der Waals surface area (Å²) < 4.78 is 2.13. The Morgan fingerprint density at radius 1 is 1.21 bits per heavy atom. The van der Waals surface area contributed by atoms with Crippen LogP contribution in [0.4, 0.5) is 0 Å². The highest BCUT2D eigenvalue weighted by Gasteiger charge is 2.36. The summed E-state index contributed by atoms with van der Waals surface area (Å²) in [5, 5.41) is 3.52. The number of hydrogen-bond acceptors (Lipinski definition) is 3. The van der Waals surface area contributed by atoms with Gasteiger partial charge < -0.3 is 14.8 Å². The summed E-state index contributed by atoms with van der Waals surface area (Å²) in [6, 6.07) is 9.12. The van der Waals surface area contributed by atoms with E-state index in [9.17, 15) is 4.79 Å². The Kier molecular flexibility index (Phi) is 4.10. The van der Waals surface area contributed by atoms with E-state index in [0.29, 0.717) is 12.5 Å². The summed E-state index contributed by atoms with van der Waals surface area (Å²) in [6.07, 6.45) is 6.42. The number of likely N-dealkylation sites (tertiary alicyclic amines) is 1. The lowest BCUT2D eigenvalue weighted by atomic mass is 10.1. The van der Waals surface area contributed by atoms with E-state index in [1.54, 1.807) is 0 Å². The molecule has 1 N–H and O–H groups in total. The molecule has 1 aliphatic carbocycles. The summed E-state index contributed by atoms with van der Waals surface area (Å²) >= 11 is 0. The minimum Gasteiger partial charge on any atom is -0.337 e. The van der Waals surface area contributed by atoms with Gasteiger partial charge in [-0.15, -0.1) is 0 Å². The van der Waals surface area contributed by atoms with E-state index in [0.717, 1.165) is 38.3 Å². The Balaban J connectivity index is 1.36. The Labute approximate surface area is 142 Å². The zero-order valence-electron chi connectivity index (χ0n) is 14.1. The van der Waals surface area contributed by atoms with Crippen molar-refractivity contribution in [3.05, 3.63) is 53.6 Å². The van der Waals surface area contributed by atoms with Gasteiger partial charge in [0.2, 0.25) is 5.91 Å². The first kappa shape index (κ1) is 15.4. The van der Waals surface area contributed by atoms with E-state index in [1.165, 1.54) is 11.1 Å². The van der Waals surface area contributed by atoms with Crippen molar-refractivity contribution in [2.45, 2.75) is 51.4 Å². The van der Waals surface area contributed by atoms with Crippen LogP contribution >= 0.6 is 0 Å². The molecule has 1 saturated heterocycles. The van der Waals surface area contributed by atoms with Gasteiger partial charge >= 0.3 is 0 Å². The lowest BCUT2D eigenvalue weighted by Crippen LogP contribution is -2.39. The summed E-state index contributed by atoms with van der Waals surface area (Å²) in [7, 11) is 0. The third-order valence-corrected chi connectivity index (χ3v) is 5.32. The van der Waals surface area contributed by atoms with Gasteiger partial charge in [-0.05, 0) is 30.9 Å². The first-order valence-corrected chi connectivity index (χ1v) is 8.84. The first-order valence-electron chi connectivity index (χ1n) is 8.84. The number of carbonyl (C=O) groups is 1. The van der Waals surface area contributed by atoms with Crippen molar-refractivity contribution in [1.82, 2.24) is 19.8 Å². The molecule has 1 unspecified atom stereocenters. The summed E-state index contributed by atoms with van der Waals surface area (Å²) in [4.78, 5) is 19.0. The number of rotatable bonds is 5. The van der Waals surface area contributed by atoms with Crippen LogP contribution in [0.5, 0.6) is 0 Å². The number of hydrogen-bond donors (Lipinski definition) is 1. The number of nitrogens with one attached hydrogen (secondary N) is 1. The fraction of sp³-hybridized carbons (Fsp3) is 0.474. The van der Waals surface area contributed by atoms with Gasteiger partial charge in [0.25, 0.3) is 0 Å². The number of carbonyl (C=O) groups excluding carboxylic acids is 1. The molecule has 1 aromatic carbocycles. The van der Waals surface area contributed by atoms with E-state index in [2.05, 4.69) is 51.0 Å². The third-order valence-electron chi connectivity index (χ3n) is 5.32. The Morgan fingerprint density at radius 3 is 2.67 bits per heavy atom. The molecule has 1 amide bonds. The van der Waals surface area contributed by atoms with Gasteiger partial charge in [0, 0.05) is 44.0 Å². The van der Waals surface area contributed by atoms with Crippen LogP contribution in [0.15, 0.2) is 36.7 Å². The van der Waals surface area contributed by atoms with E-state index >= 15 is 0 Å². The predicted molar refractivity (Wildman–Crippen MR) is 92.5 cm³/mol. The maximum Gasteiger partial charge on any atom is 0.224 e. The molecule has 126 valence electrons. The Hall–Kier alpha value is -2.14. The lowest BCUT2D eigenvalue weighted by Gasteiger charge is -2.24. The van der Waals surface area contributed by atoms with Gasteiger partial charge in [-0.3, -0.25) is 4.79 Å². The number of imidazole rings is 1. The van der Waals surface area contributed by atoms with Crippen molar-refractivity contribution in [2.24, 2.45) is 0 Å². The highest BCUT2D eigenvalue weighted by Crippen LogP contribution is 2.28. The Morgan fingerprint density at radius 2 is 1.96 bits per heavy atom. The second kappa shape index (κ2) is 6.40. The molecular formula is C19H24N4O. The molecule has 4 rings (SSSR count). The smallest absolute Gasteiger partial charge is 0.224 e. The second-order valence-electron chi connectivity index (χ2n) is 6.79. The molecule has 1 atom stereocenters. The van der Waals surface area contributed by atoms with E-state index in [4.69, 9.17) is 0 Å². The zero-order valence-corrected chi connectivity index (χ0v) is 14.1. The van der Waals surface area contributed by atoms with Crippen molar-refractivity contribution in [2.75, 3.05) is 6.54 Å². The van der Waals surface area contributed by atoms with Crippen LogP contribution in [0.3, 0.4) is 0 Å². The van der Waals surface area contributed by atoms with Crippen molar-refractivity contribution in [3.63, 3.8) is 0 Å². The van der Waals surface area contributed by atoms with Gasteiger partial charge in [0.15, 0.2) is 0 Å². The molecule has 1 fully saturated rings. The maximum absolute atomic E-state index is 12.5. The fourth-order valence-electron chi connectivity index (χ4n) is 4.01. The zero-order chi connectivity index (χ0) is 16.5. The number of nitrogens with zero attached hydrogens (tertiary/aromatic N) is 3. The van der Waals surface area contributed by atoms with Gasteiger partial charge in [-0.25, -0.2) is 4.98 Å². The van der Waals surface area contributed by atoms with Crippen LogP contribution in [-0.4, -0.2) is 39.0 Å². The minimum absolute atomic E-state index is 0.225. The molecule has 0 radical (unpaired) electrons. The van der Waals surface area contributed by atoms with E-state index in [1.807, 2.05) is 12.4 Å². The summed E-state index contributed by atoms with van der Waals surface area (Å²) in [5.41, 5.74) is 2.80. The van der Waals surface area contributed by atoms with Crippen LogP contribution in [0.2, 0.25) is 0 Å². The molecule has 2 heterocycles. The molecule has 24 heavy (non-hydrogen) atoms. The van der Waals surface area contributed by atoms with Crippen LogP contribution in [0, 0.1) is 0 Å². The first-order chi connectivity index (χ1) is 11.7. The fourth-order valence-corrected chi connectivity index (χ4v) is 4.01. The molecule has 1 aromatic heterocycles. The highest BCUT2D eigenvalue weighted by atomic mass is 16.2. The van der Waals surface area contributed by atoms with Crippen molar-refractivity contribution >= 4 is 5.91 Å². The quantitative estimate of drug-likeness (QED) is 0.912. The molecule has 0 bridgehead atoms. The van der Waals surface area contributed by atoms with Crippen molar-refractivity contribution < 1.29 is 4.79 Å². The van der Waals surface area contributed by atoms with Crippen LogP contribution in [0.25, 0.3) is 0 Å². The van der Waals surface area contributed by atoms with Crippen molar-refractivity contribution in [1.29, 1.82) is 0 Å². The highest BCUT2D eigenvalue weighted by molar-refractivity contribution is 5.79. The lowest BCUT2D eigenvalue weighted by molar-refractivity contribution is -0.129. The predicted octanol–water partition coefficient (Wildman–Crippen LogP) is 1.76.